The van der Waals surface area contributed by atoms with E-state index in [0.717, 1.165) is 0 Å². The van der Waals surface area contributed by atoms with Gasteiger partial charge in [-0.25, -0.2) is 0 Å². The number of benzene rings is 1. The Labute approximate surface area is 103 Å². The van der Waals surface area contributed by atoms with E-state index in [0.29, 0.717) is 0 Å². The fraction of sp³-hybridized carbons (Fsp3) is 0.111. The Morgan fingerprint density at radius 3 is 2.50 bits per heavy atom. The molecule has 0 radical (unpaired) electrons. The highest BCUT2D eigenvalue weighted by Crippen LogP contribution is 2.38. The van der Waals surface area contributed by atoms with Crippen LogP contribution in [-0.2, 0) is 0 Å². The van der Waals surface area contributed by atoms with Crippen molar-refractivity contribution >= 4 is 28.3 Å². The number of ether oxygens (including phenoxy) is 1. The Morgan fingerprint density at radius 1 is 1.33 bits per heavy atom. The summed E-state index contributed by atoms with van der Waals surface area (Å²) >= 11 is 5.80. The van der Waals surface area contributed by atoms with Gasteiger partial charge in [0.05, 0.1) is 22.6 Å². The van der Waals surface area contributed by atoms with Crippen LogP contribution in [0.3, 0.4) is 0 Å². The van der Waals surface area contributed by atoms with Crippen molar-refractivity contribution < 1.29 is 9.66 Å². The summed E-state index contributed by atoms with van der Waals surface area (Å²) in [7, 11) is 1.21. The van der Waals surface area contributed by atoms with E-state index in [1.54, 1.807) is 0 Å². The molecule has 0 aliphatic rings. The number of methoxy groups -OCH3 is 1. The van der Waals surface area contributed by atoms with E-state index in [-0.39, 0.29) is 21.8 Å². The highest BCUT2D eigenvalue weighted by molar-refractivity contribution is 6.33. The average molecular weight is 272 g/mol. The van der Waals surface area contributed by atoms with Crippen LogP contribution in [0.2, 0.25) is 5.02 Å². The molecule has 0 atom stereocenters. The van der Waals surface area contributed by atoms with Gasteiger partial charge in [-0.15, -0.1) is 0 Å². The molecule has 0 aliphatic heterocycles. The van der Waals surface area contributed by atoms with Crippen LogP contribution in [0.15, 0.2) is 15.7 Å². The molecule has 8 nitrogen and oxygen atoms in total. The Bertz CT molecular complexity index is 763. The molecule has 0 fully saturated rings. The van der Waals surface area contributed by atoms with Crippen LogP contribution >= 0.6 is 11.6 Å². The standard InChI is InChI=1S/C9H6ClN3O5/c1-18-7-3(10)2-4-5(6(7)13(16)17)12-9(15)8(14)11-4/h2H,1H3,(H,11,14)(H,12,15). The van der Waals surface area contributed by atoms with Gasteiger partial charge in [-0.05, 0) is 6.07 Å². The van der Waals surface area contributed by atoms with Gasteiger partial charge in [0.1, 0.15) is 5.52 Å². The van der Waals surface area contributed by atoms with Crippen LogP contribution in [0.25, 0.3) is 11.0 Å². The summed E-state index contributed by atoms with van der Waals surface area (Å²) in [6.07, 6.45) is 0. The van der Waals surface area contributed by atoms with Crippen molar-refractivity contribution in [3.05, 3.63) is 41.9 Å². The van der Waals surface area contributed by atoms with E-state index in [4.69, 9.17) is 16.3 Å². The van der Waals surface area contributed by atoms with Crippen molar-refractivity contribution in [3.63, 3.8) is 0 Å². The number of rotatable bonds is 2. The summed E-state index contributed by atoms with van der Waals surface area (Å²) in [5.74, 6) is -0.183. The first-order valence-electron chi connectivity index (χ1n) is 4.63. The first-order chi connectivity index (χ1) is 8.45. The molecular formula is C9H6ClN3O5. The second-order valence-corrected chi connectivity index (χ2v) is 3.74. The summed E-state index contributed by atoms with van der Waals surface area (Å²) in [5.41, 5.74) is -2.51. The molecule has 0 amide bonds. The van der Waals surface area contributed by atoms with Gasteiger partial charge in [0.25, 0.3) is 0 Å². The van der Waals surface area contributed by atoms with Crippen LogP contribution in [0, 0.1) is 10.1 Å². The second kappa shape index (κ2) is 4.15. The zero-order valence-electron chi connectivity index (χ0n) is 8.94. The normalized spacial score (nSPS) is 10.6. The van der Waals surface area contributed by atoms with E-state index in [2.05, 4.69) is 9.97 Å². The predicted molar refractivity (Wildman–Crippen MR) is 63.4 cm³/mol. The van der Waals surface area contributed by atoms with Gasteiger partial charge in [0.2, 0.25) is 5.75 Å². The minimum absolute atomic E-state index is 0.0422. The predicted octanol–water partition coefficient (Wildman–Crippen LogP) is 0.787. The molecule has 94 valence electrons. The number of nitro groups is 1. The summed E-state index contributed by atoms with van der Waals surface area (Å²) in [4.78, 5) is 36.9. The number of nitrogens with zero attached hydrogens (tertiary/aromatic N) is 1. The maximum absolute atomic E-state index is 11.2. The molecule has 0 saturated heterocycles. The Hall–Kier alpha value is -2.35. The van der Waals surface area contributed by atoms with Crippen molar-refractivity contribution in [2.45, 2.75) is 0 Å². The van der Waals surface area contributed by atoms with E-state index < -0.39 is 21.7 Å². The van der Waals surface area contributed by atoms with Crippen LogP contribution < -0.4 is 15.9 Å². The zero-order valence-corrected chi connectivity index (χ0v) is 9.70. The van der Waals surface area contributed by atoms with Gasteiger partial charge in [0, 0.05) is 0 Å². The Morgan fingerprint density at radius 2 is 1.94 bits per heavy atom. The SMILES string of the molecule is COc1c(Cl)cc2[nH]c(=O)c(=O)[nH]c2c1[N+](=O)[O-]. The Kier molecular flexibility index (Phi) is 2.79. The van der Waals surface area contributed by atoms with Crippen LogP contribution in [0.4, 0.5) is 5.69 Å². The summed E-state index contributed by atoms with van der Waals surface area (Å²) in [5, 5.41) is 11.0. The van der Waals surface area contributed by atoms with E-state index in [1.807, 2.05) is 0 Å². The van der Waals surface area contributed by atoms with Gasteiger partial charge < -0.3 is 14.7 Å². The minimum Gasteiger partial charge on any atom is -0.489 e. The smallest absolute Gasteiger partial charge is 0.337 e. The van der Waals surface area contributed by atoms with Gasteiger partial charge in [-0.2, -0.15) is 0 Å². The topological polar surface area (TPSA) is 118 Å². The lowest BCUT2D eigenvalue weighted by atomic mass is 10.2. The molecule has 2 aromatic rings. The molecular weight excluding hydrogens is 266 g/mol. The Balaban J connectivity index is 3.06. The van der Waals surface area contributed by atoms with Gasteiger partial charge in [-0.3, -0.25) is 19.7 Å². The van der Waals surface area contributed by atoms with E-state index in [1.165, 1.54) is 13.2 Å². The van der Waals surface area contributed by atoms with Crippen LogP contribution in [0.5, 0.6) is 5.75 Å². The molecule has 0 saturated carbocycles. The van der Waals surface area contributed by atoms with Crippen molar-refractivity contribution in [3.8, 4) is 5.75 Å². The third kappa shape index (κ3) is 1.72. The average Bonchev–Trinajstić information content (AvgIpc) is 2.29. The number of nitrogens with one attached hydrogen (secondary N) is 2. The lowest BCUT2D eigenvalue weighted by Crippen LogP contribution is -2.29. The molecule has 0 spiro atoms. The van der Waals surface area contributed by atoms with E-state index >= 15 is 0 Å². The first-order valence-corrected chi connectivity index (χ1v) is 5.00. The largest absolute Gasteiger partial charge is 0.489 e. The number of hydrogen-bond acceptors (Lipinski definition) is 5. The highest BCUT2D eigenvalue weighted by Gasteiger charge is 2.24. The van der Waals surface area contributed by atoms with Gasteiger partial charge in [-0.1, -0.05) is 11.6 Å². The van der Waals surface area contributed by atoms with E-state index in [9.17, 15) is 19.7 Å². The molecule has 0 unspecified atom stereocenters. The number of H-pyrrole nitrogens is 2. The number of halogens is 1. The van der Waals surface area contributed by atoms with Crippen LogP contribution in [0.1, 0.15) is 0 Å². The molecule has 1 heterocycles. The molecule has 18 heavy (non-hydrogen) atoms. The monoisotopic (exact) mass is 271 g/mol. The maximum Gasteiger partial charge on any atom is 0.337 e. The third-order valence-corrected chi connectivity index (χ3v) is 2.57. The van der Waals surface area contributed by atoms with Crippen LogP contribution in [-0.4, -0.2) is 22.0 Å². The molecule has 1 aromatic heterocycles. The fourth-order valence-corrected chi connectivity index (χ4v) is 1.84. The molecule has 9 heteroatoms. The summed E-state index contributed by atoms with van der Waals surface area (Å²) in [6, 6.07) is 1.26. The lowest BCUT2D eigenvalue weighted by Gasteiger charge is -2.06. The van der Waals surface area contributed by atoms with Crippen molar-refractivity contribution in [2.75, 3.05) is 7.11 Å². The lowest BCUT2D eigenvalue weighted by molar-refractivity contribution is -0.384. The van der Waals surface area contributed by atoms with Crippen molar-refractivity contribution in [2.24, 2.45) is 0 Å². The fourth-order valence-electron chi connectivity index (χ4n) is 1.56. The molecule has 1 aromatic carbocycles. The summed E-state index contributed by atoms with van der Waals surface area (Å²) in [6.45, 7) is 0. The second-order valence-electron chi connectivity index (χ2n) is 3.33. The number of nitro benzene ring substituents is 1. The van der Waals surface area contributed by atoms with Gasteiger partial charge in [0.15, 0.2) is 0 Å². The van der Waals surface area contributed by atoms with Crippen molar-refractivity contribution in [1.29, 1.82) is 0 Å². The third-order valence-electron chi connectivity index (χ3n) is 2.29. The minimum atomic E-state index is -0.991. The molecule has 2 N–H and O–H groups in total. The van der Waals surface area contributed by atoms with Gasteiger partial charge >= 0.3 is 16.8 Å². The first kappa shape index (κ1) is 12.1. The molecule has 2 rings (SSSR count). The number of fused-ring (bicyclic) bond motifs is 1. The van der Waals surface area contributed by atoms with Crippen molar-refractivity contribution in [1.82, 2.24) is 9.97 Å². The number of hydrogen-bond donors (Lipinski definition) is 2. The number of aromatic nitrogens is 2. The zero-order chi connectivity index (χ0) is 13.4. The maximum atomic E-state index is 11.2. The summed E-state index contributed by atoms with van der Waals surface area (Å²) < 4.78 is 4.83. The number of aromatic amines is 2. The highest BCUT2D eigenvalue weighted by atomic mass is 35.5. The molecule has 0 aliphatic carbocycles. The quantitative estimate of drug-likeness (QED) is 0.475. The molecule has 0 bridgehead atoms.